The number of carbonyl (C=O) groups is 1. The Hall–Kier alpha value is -1.31. The van der Waals surface area contributed by atoms with E-state index < -0.39 is 10.0 Å². The maximum atomic E-state index is 12.0. The fourth-order valence-electron chi connectivity index (χ4n) is 3.04. The summed E-state index contributed by atoms with van der Waals surface area (Å²) in [5, 5.41) is 6.15. The second-order valence-electron chi connectivity index (χ2n) is 5.84. The predicted octanol–water partition coefficient (Wildman–Crippen LogP) is 1.73. The van der Waals surface area contributed by atoms with Gasteiger partial charge in [-0.15, -0.1) is 12.4 Å². The van der Waals surface area contributed by atoms with E-state index in [0.29, 0.717) is 30.8 Å². The van der Waals surface area contributed by atoms with Crippen LogP contribution in [0.3, 0.4) is 0 Å². The van der Waals surface area contributed by atoms with Gasteiger partial charge < -0.3 is 10.6 Å². The molecule has 0 aliphatic carbocycles. The number of halogens is 1. The molecule has 2 heterocycles. The Morgan fingerprint density at radius 3 is 2.83 bits per heavy atom. The Bertz CT molecular complexity index is 660. The standard InChI is InChI=1S/C15H21N3O3S.ClH/c19-15(11-12-5-2-7-16-12)17-13-4-1-6-14(10-13)18-8-3-9-22(18,20)21;/h1,4,6,10,12,16H,2-3,5,7-9,11H2,(H,17,19);1H. The van der Waals surface area contributed by atoms with E-state index in [9.17, 15) is 13.2 Å². The highest BCUT2D eigenvalue weighted by molar-refractivity contribution is 7.93. The Kier molecular flexibility index (Phi) is 5.89. The van der Waals surface area contributed by atoms with E-state index in [1.54, 1.807) is 24.3 Å². The molecule has 6 nitrogen and oxygen atoms in total. The van der Waals surface area contributed by atoms with Crippen LogP contribution in [-0.2, 0) is 14.8 Å². The number of nitrogens with zero attached hydrogens (tertiary/aromatic N) is 1. The first-order chi connectivity index (χ1) is 10.5. The van der Waals surface area contributed by atoms with Gasteiger partial charge in [0.2, 0.25) is 15.9 Å². The summed E-state index contributed by atoms with van der Waals surface area (Å²) in [6, 6.07) is 7.29. The summed E-state index contributed by atoms with van der Waals surface area (Å²) in [4.78, 5) is 12.0. The maximum Gasteiger partial charge on any atom is 0.235 e. The van der Waals surface area contributed by atoms with Crippen molar-refractivity contribution in [3.05, 3.63) is 24.3 Å². The smallest absolute Gasteiger partial charge is 0.235 e. The van der Waals surface area contributed by atoms with Crippen molar-refractivity contribution in [2.45, 2.75) is 31.7 Å². The lowest BCUT2D eigenvalue weighted by Crippen LogP contribution is -2.27. The van der Waals surface area contributed by atoms with Crippen molar-refractivity contribution in [2.75, 3.05) is 28.5 Å². The van der Waals surface area contributed by atoms with E-state index in [1.807, 2.05) is 0 Å². The molecule has 2 fully saturated rings. The lowest BCUT2D eigenvalue weighted by Gasteiger charge is -2.18. The third kappa shape index (κ3) is 4.37. The molecule has 0 aromatic heterocycles. The molecular weight excluding hydrogens is 338 g/mol. The first kappa shape index (κ1) is 18.0. The minimum Gasteiger partial charge on any atom is -0.326 e. The van der Waals surface area contributed by atoms with Gasteiger partial charge in [-0.2, -0.15) is 0 Å². The average molecular weight is 360 g/mol. The van der Waals surface area contributed by atoms with Crippen LogP contribution >= 0.6 is 12.4 Å². The van der Waals surface area contributed by atoms with Crippen molar-refractivity contribution in [3.8, 4) is 0 Å². The van der Waals surface area contributed by atoms with Crippen LogP contribution < -0.4 is 14.9 Å². The lowest BCUT2D eigenvalue weighted by molar-refractivity contribution is -0.116. The summed E-state index contributed by atoms with van der Waals surface area (Å²) >= 11 is 0. The van der Waals surface area contributed by atoms with Gasteiger partial charge in [0.15, 0.2) is 0 Å². The van der Waals surface area contributed by atoms with Crippen molar-refractivity contribution in [3.63, 3.8) is 0 Å². The average Bonchev–Trinajstić information content (AvgIpc) is 3.08. The normalized spacial score (nSPS) is 22.6. The quantitative estimate of drug-likeness (QED) is 0.858. The van der Waals surface area contributed by atoms with Crippen LogP contribution in [0.15, 0.2) is 24.3 Å². The molecule has 128 valence electrons. The van der Waals surface area contributed by atoms with Crippen LogP contribution in [0.25, 0.3) is 0 Å². The zero-order valence-electron chi connectivity index (χ0n) is 12.8. The number of nitrogens with one attached hydrogen (secondary N) is 2. The Morgan fingerprint density at radius 2 is 2.17 bits per heavy atom. The Labute approximate surface area is 143 Å². The molecule has 1 atom stereocenters. The van der Waals surface area contributed by atoms with Crippen molar-refractivity contribution in [1.29, 1.82) is 0 Å². The van der Waals surface area contributed by atoms with E-state index in [1.165, 1.54) is 4.31 Å². The number of amides is 1. The number of sulfonamides is 1. The summed E-state index contributed by atoms with van der Waals surface area (Å²) in [6.07, 6.45) is 3.23. The molecule has 2 N–H and O–H groups in total. The fourth-order valence-corrected chi connectivity index (χ4v) is 4.59. The Morgan fingerprint density at radius 1 is 1.35 bits per heavy atom. The van der Waals surface area contributed by atoms with E-state index >= 15 is 0 Å². The highest BCUT2D eigenvalue weighted by Gasteiger charge is 2.28. The van der Waals surface area contributed by atoms with Crippen molar-refractivity contribution in [1.82, 2.24) is 5.32 Å². The van der Waals surface area contributed by atoms with Gasteiger partial charge in [0, 0.05) is 24.7 Å². The molecule has 2 aliphatic rings. The number of hydrogen-bond donors (Lipinski definition) is 2. The first-order valence-electron chi connectivity index (χ1n) is 7.68. The molecule has 2 saturated heterocycles. The minimum atomic E-state index is -3.19. The molecule has 0 bridgehead atoms. The van der Waals surface area contributed by atoms with Gasteiger partial charge in [-0.1, -0.05) is 6.07 Å². The molecule has 1 amide bonds. The third-order valence-corrected chi connectivity index (χ3v) is 5.98. The van der Waals surface area contributed by atoms with Gasteiger partial charge in [-0.3, -0.25) is 9.10 Å². The number of benzene rings is 1. The maximum absolute atomic E-state index is 12.0. The molecule has 23 heavy (non-hydrogen) atoms. The van der Waals surface area contributed by atoms with Crippen LogP contribution in [0, 0.1) is 0 Å². The summed E-state index contributed by atoms with van der Waals surface area (Å²) in [5.74, 6) is 0.151. The third-order valence-electron chi connectivity index (χ3n) is 4.11. The SMILES string of the molecule is Cl.O=C(CC1CCCN1)Nc1cccc(N2CCCS2(=O)=O)c1. The fraction of sp³-hybridized carbons (Fsp3) is 0.533. The summed E-state index contributed by atoms with van der Waals surface area (Å²) in [7, 11) is -3.19. The zero-order valence-corrected chi connectivity index (χ0v) is 14.5. The molecule has 3 rings (SSSR count). The summed E-state index contributed by atoms with van der Waals surface area (Å²) in [5.41, 5.74) is 1.26. The minimum absolute atomic E-state index is 0. The second kappa shape index (κ2) is 7.51. The molecule has 1 aromatic carbocycles. The summed E-state index contributed by atoms with van der Waals surface area (Å²) in [6.45, 7) is 1.48. The van der Waals surface area contributed by atoms with Crippen LogP contribution in [0.2, 0.25) is 0 Å². The molecule has 8 heteroatoms. The number of hydrogen-bond acceptors (Lipinski definition) is 4. The van der Waals surface area contributed by atoms with Crippen molar-refractivity contribution in [2.24, 2.45) is 0 Å². The molecule has 0 spiro atoms. The summed E-state index contributed by atoms with van der Waals surface area (Å²) < 4.78 is 25.3. The number of anilines is 2. The Balaban J connectivity index is 0.00000192. The highest BCUT2D eigenvalue weighted by Crippen LogP contribution is 2.26. The highest BCUT2D eigenvalue weighted by atomic mass is 35.5. The number of carbonyl (C=O) groups excluding carboxylic acids is 1. The topological polar surface area (TPSA) is 78.5 Å². The zero-order chi connectivity index (χ0) is 15.6. The van der Waals surface area contributed by atoms with E-state index in [0.717, 1.165) is 19.4 Å². The molecule has 2 aliphatic heterocycles. The van der Waals surface area contributed by atoms with Gasteiger partial charge in [0.1, 0.15) is 0 Å². The van der Waals surface area contributed by atoms with Crippen LogP contribution in [-0.4, -0.2) is 39.2 Å². The van der Waals surface area contributed by atoms with Crippen molar-refractivity contribution < 1.29 is 13.2 Å². The van der Waals surface area contributed by atoms with E-state index in [-0.39, 0.29) is 30.1 Å². The van der Waals surface area contributed by atoms with Gasteiger partial charge in [0.05, 0.1) is 11.4 Å². The molecule has 0 radical (unpaired) electrons. The number of rotatable bonds is 4. The van der Waals surface area contributed by atoms with Gasteiger partial charge in [0.25, 0.3) is 0 Å². The van der Waals surface area contributed by atoms with Crippen LogP contribution in [0.1, 0.15) is 25.7 Å². The largest absolute Gasteiger partial charge is 0.326 e. The van der Waals surface area contributed by atoms with E-state index in [4.69, 9.17) is 0 Å². The van der Waals surface area contributed by atoms with Crippen LogP contribution in [0.4, 0.5) is 11.4 Å². The lowest BCUT2D eigenvalue weighted by atomic mass is 10.1. The van der Waals surface area contributed by atoms with Gasteiger partial charge in [-0.05, 0) is 44.0 Å². The first-order valence-corrected chi connectivity index (χ1v) is 9.29. The predicted molar refractivity (Wildman–Crippen MR) is 93.7 cm³/mol. The monoisotopic (exact) mass is 359 g/mol. The molecule has 0 saturated carbocycles. The molecule has 1 unspecified atom stereocenters. The van der Waals surface area contributed by atoms with Crippen LogP contribution in [0.5, 0.6) is 0 Å². The molecule has 1 aromatic rings. The van der Waals surface area contributed by atoms with Crippen molar-refractivity contribution >= 4 is 39.7 Å². The van der Waals surface area contributed by atoms with Gasteiger partial charge >= 0.3 is 0 Å². The van der Waals surface area contributed by atoms with Gasteiger partial charge in [-0.25, -0.2) is 8.42 Å². The van der Waals surface area contributed by atoms with E-state index in [2.05, 4.69) is 10.6 Å². The second-order valence-corrected chi connectivity index (χ2v) is 7.85. The molecular formula is C15H22ClN3O3S.